The van der Waals surface area contributed by atoms with E-state index in [0.717, 1.165) is 57.8 Å². The van der Waals surface area contributed by atoms with Gasteiger partial charge < -0.3 is 15.7 Å². The largest absolute Gasteiger partial charge is 0.508 e. The van der Waals surface area contributed by atoms with E-state index in [2.05, 4.69) is 50.9 Å². The van der Waals surface area contributed by atoms with Crippen molar-refractivity contribution < 1.29 is 5.11 Å². The first-order valence-electron chi connectivity index (χ1n) is 10.2. The van der Waals surface area contributed by atoms with E-state index in [1.165, 1.54) is 11.1 Å². The molecule has 3 rings (SSSR count). The highest BCUT2D eigenvalue weighted by Gasteiger charge is 2.19. The van der Waals surface area contributed by atoms with Gasteiger partial charge >= 0.3 is 0 Å². The van der Waals surface area contributed by atoms with Gasteiger partial charge in [0.2, 0.25) is 0 Å². The predicted octanol–water partition coefficient (Wildman–Crippen LogP) is 3.15. The van der Waals surface area contributed by atoms with Crippen molar-refractivity contribution >= 4 is 5.96 Å². The standard InChI is InChI=1S/C23H32N4O/c1-24-23(25-15-5-8-19-9-11-22(28)12-10-19)26-21-13-16-27(17-14-21)18-20-6-3-2-4-7-20/h2-4,6-7,9-12,21,28H,5,8,13-18H2,1H3,(H2,24,25,26). The third kappa shape index (κ3) is 6.57. The lowest BCUT2D eigenvalue weighted by Gasteiger charge is -2.33. The minimum atomic E-state index is 0.321. The Morgan fingerprint density at radius 2 is 1.75 bits per heavy atom. The zero-order valence-corrected chi connectivity index (χ0v) is 16.8. The molecular weight excluding hydrogens is 348 g/mol. The smallest absolute Gasteiger partial charge is 0.191 e. The SMILES string of the molecule is CN=C(NCCCc1ccc(O)cc1)NC1CCN(Cc2ccccc2)CC1. The van der Waals surface area contributed by atoms with Gasteiger partial charge in [0, 0.05) is 39.3 Å². The maximum absolute atomic E-state index is 9.34. The fourth-order valence-corrected chi connectivity index (χ4v) is 3.63. The first-order valence-corrected chi connectivity index (χ1v) is 10.2. The van der Waals surface area contributed by atoms with Crippen LogP contribution < -0.4 is 10.6 Å². The van der Waals surface area contributed by atoms with Gasteiger partial charge in [0.05, 0.1) is 0 Å². The molecule has 0 atom stereocenters. The number of rotatable bonds is 7. The molecule has 1 aliphatic rings. The predicted molar refractivity (Wildman–Crippen MR) is 116 cm³/mol. The molecule has 0 bridgehead atoms. The van der Waals surface area contributed by atoms with Crippen molar-refractivity contribution in [2.75, 3.05) is 26.7 Å². The van der Waals surface area contributed by atoms with Crippen LogP contribution in [0.4, 0.5) is 0 Å². The molecule has 0 saturated carbocycles. The van der Waals surface area contributed by atoms with Crippen LogP contribution >= 0.6 is 0 Å². The van der Waals surface area contributed by atoms with Gasteiger partial charge in [-0.1, -0.05) is 42.5 Å². The Bertz CT molecular complexity index is 722. The Hall–Kier alpha value is -2.53. The second-order valence-corrected chi connectivity index (χ2v) is 7.45. The van der Waals surface area contributed by atoms with Crippen molar-refractivity contribution in [3.05, 3.63) is 65.7 Å². The van der Waals surface area contributed by atoms with Gasteiger partial charge in [0.25, 0.3) is 0 Å². The Kier molecular flexibility index (Phi) is 7.73. The lowest BCUT2D eigenvalue weighted by atomic mass is 10.0. The molecule has 0 amide bonds. The first kappa shape index (κ1) is 20.2. The molecule has 0 unspecified atom stereocenters. The molecule has 28 heavy (non-hydrogen) atoms. The summed E-state index contributed by atoms with van der Waals surface area (Å²) < 4.78 is 0. The Balaban J connectivity index is 1.33. The topological polar surface area (TPSA) is 59.9 Å². The van der Waals surface area contributed by atoms with E-state index in [9.17, 15) is 5.11 Å². The number of aromatic hydroxyl groups is 1. The number of piperidine rings is 1. The van der Waals surface area contributed by atoms with Crippen LogP contribution in [0.1, 0.15) is 30.4 Å². The highest BCUT2D eigenvalue weighted by atomic mass is 16.3. The highest BCUT2D eigenvalue weighted by Crippen LogP contribution is 2.14. The molecule has 150 valence electrons. The third-order valence-electron chi connectivity index (χ3n) is 5.27. The third-order valence-corrected chi connectivity index (χ3v) is 5.27. The van der Waals surface area contributed by atoms with E-state index in [4.69, 9.17) is 0 Å². The first-order chi connectivity index (χ1) is 13.7. The van der Waals surface area contributed by atoms with Gasteiger partial charge in [-0.25, -0.2) is 0 Å². The van der Waals surface area contributed by atoms with Gasteiger partial charge in [-0.3, -0.25) is 9.89 Å². The lowest BCUT2D eigenvalue weighted by molar-refractivity contribution is 0.198. The molecule has 2 aromatic rings. The average Bonchev–Trinajstić information content (AvgIpc) is 2.73. The molecule has 5 heteroatoms. The summed E-state index contributed by atoms with van der Waals surface area (Å²) >= 11 is 0. The van der Waals surface area contributed by atoms with E-state index >= 15 is 0 Å². The molecule has 0 spiro atoms. The van der Waals surface area contributed by atoms with Gasteiger partial charge in [-0.15, -0.1) is 0 Å². The van der Waals surface area contributed by atoms with Gasteiger partial charge in [0.1, 0.15) is 5.75 Å². The molecule has 1 heterocycles. The fraction of sp³-hybridized carbons (Fsp3) is 0.435. The zero-order valence-electron chi connectivity index (χ0n) is 16.8. The Morgan fingerprint density at radius 1 is 1.04 bits per heavy atom. The van der Waals surface area contributed by atoms with E-state index in [1.807, 2.05) is 19.2 Å². The number of phenols is 1. The van der Waals surface area contributed by atoms with E-state index < -0.39 is 0 Å². The number of hydrogen-bond donors (Lipinski definition) is 3. The second kappa shape index (κ2) is 10.7. The fourth-order valence-electron chi connectivity index (χ4n) is 3.63. The van der Waals surface area contributed by atoms with Crippen LogP contribution in [0, 0.1) is 0 Å². The summed E-state index contributed by atoms with van der Waals surface area (Å²) in [6, 6.07) is 18.6. The molecule has 0 radical (unpaired) electrons. The minimum Gasteiger partial charge on any atom is -0.508 e. The van der Waals surface area contributed by atoms with Crippen LogP contribution in [-0.4, -0.2) is 48.7 Å². The molecule has 0 aliphatic carbocycles. The van der Waals surface area contributed by atoms with Crippen molar-refractivity contribution in [3.8, 4) is 5.75 Å². The van der Waals surface area contributed by atoms with Crippen LogP contribution in [0.3, 0.4) is 0 Å². The molecule has 3 N–H and O–H groups in total. The van der Waals surface area contributed by atoms with Crippen molar-refractivity contribution in [1.82, 2.24) is 15.5 Å². The Morgan fingerprint density at radius 3 is 2.43 bits per heavy atom. The summed E-state index contributed by atoms with van der Waals surface area (Å²) in [4.78, 5) is 6.90. The number of hydrogen-bond acceptors (Lipinski definition) is 3. The van der Waals surface area contributed by atoms with Gasteiger partial charge in [-0.2, -0.15) is 0 Å². The Labute approximate surface area is 168 Å². The monoisotopic (exact) mass is 380 g/mol. The average molecular weight is 381 g/mol. The summed E-state index contributed by atoms with van der Waals surface area (Å²) in [7, 11) is 1.83. The minimum absolute atomic E-state index is 0.321. The molecule has 5 nitrogen and oxygen atoms in total. The molecule has 0 aromatic heterocycles. The van der Waals surface area contributed by atoms with E-state index in [-0.39, 0.29) is 0 Å². The number of aryl methyl sites for hydroxylation is 1. The van der Waals surface area contributed by atoms with Crippen LogP contribution in [0.15, 0.2) is 59.6 Å². The molecule has 1 saturated heterocycles. The molecular formula is C23H32N4O. The number of phenolic OH excluding ortho intramolecular Hbond substituents is 1. The van der Waals surface area contributed by atoms with E-state index in [0.29, 0.717) is 11.8 Å². The molecule has 2 aromatic carbocycles. The van der Waals surface area contributed by atoms with E-state index in [1.54, 1.807) is 12.1 Å². The maximum atomic E-state index is 9.34. The number of aliphatic imine (C=N–C) groups is 1. The van der Waals surface area contributed by atoms with Crippen LogP contribution in [-0.2, 0) is 13.0 Å². The summed E-state index contributed by atoms with van der Waals surface area (Å²) in [5, 5.41) is 16.3. The van der Waals surface area contributed by atoms with Crippen LogP contribution in [0.5, 0.6) is 5.75 Å². The number of nitrogens with one attached hydrogen (secondary N) is 2. The van der Waals surface area contributed by atoms with Crippen molar-refractivity contribution in [3.63, 3.8) is 0 Å². The summed E-state index contributed by atoms with van der Waals surface area (Å²) in [6.07, 6.45) is 4.30. The molecule has 1 fully saturated rings. The van der Waals surface area contributed by atoms with Gasteiger partial charge in [-0.05, 0) is 48.9 Å². The lowest BCUT2D eigenvalue weighted by Crippen LogP contribution is -2.48. The maximum Gasteiger partial charge on any atom is 0.191 e. The number of nitrogens with zero attached hydrogens (tertiary/aromatic N) is 2. The normalized spacial score (nSPS) is 16.1. The zero-order chi connectivity index (χ0) is 19.6. The highest BCUT2D eigenvalue weighted by molar-refractivity contribution is 5.79. The number of guanidine groups is 1. The van der Waals surface area contributed by atoms with Crippen molar-refractivity contribution in [2.24, 2.45) is 4.99 Å². The quantitative estimate of drug-likeness (QED) is 0.392. The van der Waals surface area contributed by atoms with Crippen LogP contribution in [0.2, 0.25) is 0 Å². The van der Waals surface area contributed by atoms with Crippen LogP contribution in [0.25, 0.3) is 0 Å². The van der Waals surface area contributed by atoms with Crippen molar-refractivity contribution in [2.45, 2.75) is 38.3 Å². The summed E-state index contributed by atoms with van der Waals surface area (Å²) in [5.74, 6) is 1.22. The second-order valence-electron chi connectivity index (χ2n) is 7.45. The number of likely N-dealkylation sites (tertiary alicyclic amines) is 1. The van der Waals surface area contributed by atoms with Gasteiger partial charge in [0.15, 0.2) is 5.96 Å². The molecule has 1 aliphatic heterocycles. The number of benzene rings is 2. The van der Waals surface area contributed by atoms with Crippen molar-refractivity contribution in [1.29, 1.82) is 0 Å². The summed E-state index contributed by atoms with van der Waals surface area (Å²) in [5.41, 5.74) is 2.63. The summed E-state index contributed by atoms with van der Waals surface area (Å²) in [6.45, 7) is 4.15.